The van der Waals surface area contributed by atoms with Gasteiger partial charge in [0, 0.05) is 0 Å². The van der Waals surface area contributed by atoms with E-state index in [1.807, 2.05) is 0 Å². The summed E-state index contributed by atoms with van der Waals surface area (Å²) in [4.78, 5) is 0. The third-order valence-electron chi connectivity index (χ3n) is 2.09. The molecule has 0 saturated carbocycles. The lowest BCUT2D eigenvalue weighted by molar-refractivity contribution is -0.143. The number of hydrogen-bond acceptors (Lipinski definition) is 0. The summed E-state index contributed by atoms with van der Waals surface area (Å²) in [6, 6.07) is 1.59. The molecule has 0 amide bonds. The van der Waals surface area contributed by atoms with Gasteiger partial charge in [-0.25, -0.2) is 0 Å². The molecule has 0 aliphatic rings. The van der Waals surface area contributed by atoms with Crippen molar-refractivity contribution in [2.45, 2.75) is 25.5 Å². The Morgan fingerprint density at radius 1 is 0.882 bits per heavy atom. The largest absolute Gasteiger partial charge is 0.416 e. The Balaban J connectivity index is 3.29. The number of halogens is 6. The average Bonchev–Trinajstić information content (AvgIpc) is 2.15. The summed E-state index contributed by atoms with van der Waals surface area (Å²) in [5.74, 6) is 0. The SMILES string of the molecule is C[B]Cc1cc(C(F)(F)F)cc(C(F)(F)F)c1. The highest BCUT2D eigenvalue weighted by molar-refractivity contribution is 6.32. The molecule has 93 valence electrons. The molecule has 0 atom stereocenters. The summed E-state index contributed by atoms with van der Waals surface area (Å²) in [7, 11) is 1.50. The van der Waals surface area contributed by atoms with Gasteiger partial charge in [-0.2, -0.15) is 26.3 Å². The standard InChI is InChI=1S/C10H8BF6/c1-11-5-6-2-7(9(12,13)14)4-8(3-6)10(15,16)17/h2-4H,5H2,1H3. The fourth-order valence-corrected chi connectivity index (χ4v) is 1.37. The van der Waals surface area contributed by atoms with Crippen LogP contribution in [0.1, 0.15) is 16.7 Å². The van der Waals surface area contributed by atoms with Crippen molar-refractivity contribution in [3.63, 3.8) is 0 Å². The lowest BCUT2D eigenvalue weighted by atomic mass is 9.74. The lowest BCUT2D eigenvalue weighted by Crippen LogP contribution is -2.12. The van der Waals surface area contributed by atoms with E-state index in [1.54, 1.807) is 6.82 Å². The molecule has 1 aromatic carbocycles. The number of alkyl halides is 6. The highest BCUT2D eigenvalue weighted by Gasteiger charge is 2.36. The molecule has 0 bridgehead atoms. The number of rotatable bonds is 2. The Hall–Kier alpha value is -1.14. The molecular formula is C10H8BF6. The predicted octanol–water partition coefficient (Wildman–Crippen LogP) is 3.98. The van der Waals surface area contributed by atoms with Gasteiger partial charge in [-0.3, -0.25) is 0 Å². The molecule has 0 unspecified atom stereocenters. The van der Waals surface area contributed by atoms with Crippen LogP contribution in [0.2, 0.25) is 6.82 Å². The molecule has 0 aromatic heterocycles. The molecule has 0 saturated heterocycles. The fourth-order valence-electron chi connectivity index (χ4n) is 1.37. The van der Waals surface area contributed by atoms with E-state index in [4.69, 9.17) is 0 Å². The highest BCUT2D eigenvalue weighted by Crippen LogP contribution is 2.36. The summed E-state index contributed by atoms with van der Waals surface area (Å²) in [6.07, 6.45) is -9.49. The Bertz CT molecular complexity index is 361. The molecule has 0 fully saturated rings. The highest BCUT2D eigenvalue weighted by atomic mass is 19.4. The molecule has 1 radical (unpaired) electrons. The molecule has 1 aromatic rings. The number of hydrogen-bond donors (Lipinski definition) is 0. The van der Waals surface area contributed by atoms with Gasteiger partial charge in [-0.1, -0.05) is 18.7 Å². The Labute approximate surface area is 94.9 Å². The topological polar surface area (TPSA) is 0 Å². The molecule has 0 nitrogen and oxygen atoms in total. The van der Waals surface area contributed by atoms with Gasteiger partial charge >= 0.3 is 12.4 Å². The second-order valence-corrected chi connectivity index (χ2v) is 3.53. The van der Waals surface area contributed by atoms with E-state index in [-0.39, 0.29) is 17.9 Å². The zero-order chi connectivity index (χ0) is 13.3. The second-order valence-electron chi connectivity index (χ2n) is 3.53. The maximum absolute atomic E-state index is 12.4. The molecule has 0 spiro atoms. The van der Waals surface area contributed by atoms with Gasteiger partial charge in [-0.15, -0.1) is 0 Å². The van der Waals surface area contributed by atoms with Crippen molar-refractivity contribution in [2.75, 3.05) is 0 Å². The third kappa shape index (κ3) is 3.68. The molecule has 0 heterocycles. The van der Waals surface area contributed by atoms with Gasteiger partial charge in [0.1, 0.15) is 7.28 Å². The predicted molar refractivity (Wildman–Crippen MR) is 51.8 cm³/mol. The number of benzene rings is 1. The lowest BCUT2D eigenvalue weighted by Gasteiger charge is -2.13. The Morgan fingerprint density at radius 2 is 1.29 bits per heavy atom. The molecule has 17 heavy (non-hydrogen) atoms. The first-order valence-corrected chi connectivity index (χ1v) is 4.71. The maximum atomic E-state index is 12.4. The minimum Gasteiger partial charge on any atom is -0.166 e. The Kier molecular flexibility index (Phi) is 3.79. The van der Waals surface area contributed by atoms with Crippen molar-refractivity contribution in [3.8, 4) is 0 Å². The first-order chi connectivity index (χ1) is 7.64. The molecule has 1 rings (SSSR count). The van der Waals surface area contributed by atoms with Crippen molar-refractivity contribution in [2.24, 2.45) is 0 Å². The van der Waals surface area contributed by atoms with E-state index in [0.717, 1.165) is 12.1 Å². The van der Waals surface area contributed by atoms with E-state index >= 15 is 0 Å². The first-order valence-electron chi connectivity index (χ1n) is 4.71. The van der Waals surface area contributed by atoms with E-state index in [1.165, 1.54) is 7.28 Å². The van der Waals surface area contributed by atoms with E-state index in [2.05, 4.69) is 0 Å². The zero-order valence-electron chi connectivity index (χ0n) is 8.78. The van der Waals surface area contributed by atoms with E-state index in [0.29, 0.717) is 0 Å². The maximum Gasteiger partial charge on any atom is 0.416 e. The van der Waals surface area contributed by atoms with Crippen LogP contribution in [0.25, 0.3) is 0 Å². The van der Waals surface area contributed by atoms with Gasteiger partial charge in [0.25, 0.3) is 0 Å². The van der Waals surface area contributed by atoms with Crippen molar-refractivity contribution >= 4 is 7.28 Å². The van der Waals surface area contributed by atoms with Crippen molar-refractivity contribution in [1.29, 1.82) is 0 Å². The van der Waals surface area contributed by atoms with Crippen molar-refractivity contribution in [1.82, 2.24) is 0 Å². The molecular weight excluding hydrogens is 245 g/mol. The van der Waals surface area contributed by atoms with Gasteiger partial charge in [0.15, 0.2) is 0 Å². The summed E-state index contributed by atoms with van der Waals surface area (Å²) >= 11 is 0. The first kappa shape index (κ1) is 13.9. The fraction of sp³-hybridized carbons (Fsp3) is 0.400. The van der Waals surface area contributed by atoms with Crippen LogP contribution in [-0.2, 0) is 18.7 Å². The smallest absolute Gasteiger partial charge is 0.166 e. The van der Waals surface area contributed by atoms with Crippen molar-refractivity contribution in [3.05, 3.63) is 34.9 Å². The van der Waals surface area contributed by atoms with Gasteiger partial charge in [0.05, 0.1) is 11.1 Å². The van der Waals surface area contributed by atoms with Crippen LogP contribution in [0.15, 0.2) is 18.2 Å². The van der Waals surface area contributed by atoms with Gasteiger partial charge in [0.2, 0.25) is 0 Å². The summed E-state index contributed by atoms with van der Waals surface area (Å²) in [5.41, 5.74) is -2.55. The summed E-state index contributed by atoms with van der Waals surface area (Å²) in [6.45, 7) is 1.56. The Morgan fingerprint density at radius 3 is 1.59 bits per heavy atom. The monoisotopic (exact) mass is 253 g/mol. The van der Waals surface area contributed by atoms with Crippen LogP contribution in [0.3, 0.4) is 0 Å². The van der Waals surface area contributed by atoms with Crippen LogP contribution in [0.4, 0.5) is 26.3 Å². The van der Waals surface area contributed by atoms with Crippen LogP contribution >= 0.6 is 0 Å². The minimum atomic E-state index is -4.77. The van der Waals surface area contributed by atoms with Crippen LogP contribution in [-0.4, -0.2) is 7.28 Å². The molecule has 0 aliphatic carbocycles. The van der Waals surface area contributed by atoms with Crippen LogP contribution in [0.5, 0.6) is 0 Å². The quantitative estimate of drug-likeness (QED) is 0.552. The van der Waals surface area contributed by atoms with E-state index in [9.17, 15) is 26.3 Å². The molecule has 7 heteroatoms. The van der Waals surface area contributed by atoms with Gasteiger partial charge in [-0.05, 0) is 18.2 Å². The van der Waals surface area contributed by atoms with Crippen LogP contribution in [0, 0.1) is 0 Å². The summed E-state index contributed by atoms with van der Waals surface area (Å²) in [5, 5.41) is 0. The van der Waals surface area contributed by atoms with E-state index < -0.39 is 23.5 Å². The summed E-state index contributed by atoms with van der Waals surface area (Å²) < 4.78 is 74.4. The second kappa shape index (κ2) is 4.62. The van der Waals surface area contributed by atoms with Gasteiger partial charge < -0.3 is 0 Å². The van der Waals surface area contributed by atoms with Crippen LogP contribution < -0.4 is 0 Å². The third-order valence-corrected chi connectivity index (χ3v) is 2.09. The average molecular weight is 253 g/mol. The van der Waals surface area contributed by atoms with Crippen molar-refractivity contribution < 1.29 is 26.3 Å². The zero-order valence-corrected chi connectivity index (χ0v) is 8.78. The minimum absolute atomic E-state index is 0.00495. The molecule has 0 N–H and O–H groups in total. The normalized spacial score (nSPS) is 12.6. The molecule has 0 aliphatic heterocycles.